The molecule has 0 bridgehead atoms. The van der Waals surface area contributed by atoms with Crippen LogP contribution in [0, 0.1) is 0 Å². The Morgan fingerprint density at radius 3 is 2.80 bits per heavy atom. The number of nitrogens with zero attached hydrogens (tertiary/aromatic N) is 5. The lowest BCUT2D eigenvalue weighted by molar-refractivity contribution is -0.0352. The monoisotopic (exact) mass is 419 g/mol. The van der Waals surface area contributed by atoms with Crippen molar-refractivity contribution in [1.82, 2.24) is 30.3 Å². The lowest BCUT2D eigenvalue weighted by Crippen LogP contribution is -2.61. The van der Waals surface area contributed by atoms with Crippen molar-refractivity contribution in [3.63, 3.8) is 0 Å². The van der Waals surface area contributed by atoms with Crippen LogP contribution in [0.15, 0.2) is 4.99 Å². The molecule has 0 spiro atoms. The summed E-state index contributed by atoms with van der Waals surface area (Å²) in [4.78, 5) is 11.8. The first-order valence-corrected chi connectivity index (χ1v) is 11.4. The summed E-state index contributed by atoms with van der Waals surface area (Å²) in [6.07, 6.45) is 8.44. The van der Waals surface area contributed by atoms with Gasteiger partial charge in [0, 0.05) is 51.8 Å². The van der Waals surface area contributed by atoms with Crippen molar-refractivity contribution in [1.29, 1.82) is 0 Å². The second-order valence-electron chi connectivity index (χ2n) is 8.75. The lowest BCUT2D eigenvalue weighted by atomic mass is 9.80. The Bertz CT molecular complexity index is 708. The number of aromatic nitrogens is 3. The molecule has 1 unspecified atom stereocenters. The van der Waals surface area contributed by atoms with Gasteiger partial charge in [0.1, 0.15) is 12.4 Å². The van der Waals surface area contributed by atoms with Crippen LogP contribution in [0.2, 0.25) is 0 Å². The lowest BCUT2D eigenvalue weighted by Gasteiger charge is -2.48. The Kier molecular flexibility index (Phi) is 7.22. The number of morpholine rings is 1. The van der Waals surface area contributed by atoms with Gasteiger partial charge in [0.2, 0.25) is 0 Å². The van der Waals surface area contributed by atoms with Gasteiger partial charge >= 0.3 is 0 Å². The van der Waals surface area contributed by atoms with Crippen LogP contribution in [-0.4, -0.2) is 84.2 Å². The van der Waals surface area contributed by atoms with E-state index in [1.165, 1.54) is 32.1 Å². The zero-order valence-electron chi connectivity index (χ0n) is 18.5. The van der Waals surface area contributed by atoms with Crippen molar-refractivity contribution in [2.24, 2.45) is 4.99 Å². The molecule has 1 saturated carbocycles. The number of ether oxygens (including phenoxy) is 2. The minimum absolute atomic E-state index is 0.223. The highest BCUT2D eigenvalue weighted by Gasteiger charge is 2.38. The first-order valence-electron chi connectivity index (χ1n) is 11.4. The molecule has 1 atom stereocenters. The third kappa shape index (κ3) is 4.95. The Morgan fingerprint density at radius 2 is 2.07 bits per heavy atom. The second-order valence-corrected chi connectivity index (χ2v) is 8.75. The highest BCUT2D eigenvalue weighted by Crippen LogP contribution is 2.33. The minimum Gasteiger partial charge on any atom is -0.379 e. The Labute approximate surface area is 179 Å². The molecule has 4 rings (SSSR count). The molecule has 3 heterocycles. The van der Waals surface area contributed by atoms with Crippen LogP contribution < -0.4 is 10.6 Å². The fourth-order valence-corrected chi connectivity index (χ4v) is 5.16. The summed E-state index contributed by atoms with van der Waals surface area (Å²) >= 11 is 0. The average molecular weight is 420 g/mol. The van der Waals surface area contributed by atoms with E-state index in [1.807, 2.05) is 11.7 Å². The van der Waals surface area contributed by atoms with Crippen LogP contribution >= 0.6 is 0 Å². The maximum absolute atomic E-state index is 5.61. The summed E-state index contributed by atoms with van der Waals surface area (Å²) in [5, 5.41) is 11.9. The SMILES string of the molecule is CN=C(NCC1(N2CCOCC2)CCCCC1)NC1CCc2nc(COC)nn2C1. The van der Waals surface area contributed by atoms with Gasteiger partial charge in [0.15, 0.2) is 11.8 Å². The topological polar surface area (TPSA) is 88.8 Å². The molecule has 0 aromatic carbocycles. The summed E-state index contributed by atoms with van der Waals surface area (Å²) in [6.45, 7) is 5.98. The number of hydrogen-bond donors (Lipinski definition) is 2. The molecule has 9 heteroatoms. The van der Waals surface area contributed by atoms with Gasteiger partial charge in [-0.3, -0.25) is 9.89 Å². The van der Waals surface area contributed by atoms with E-state index in [1.54, 1.807) is 7.11 Å². The molecule has 0 amide bonds. The molecule has 1 aliphatic carbocycles. The minimum atomic E-state index is 0.223. The molecule has 0 radical (unpaired) electrons. The van der Waals surface area contributed by atoms with Crippen molar-refractivity contribution in [3.05, 3.63) is 11.6 Å². The van der Waals surface area contributed by atoms with E-state index in [2.05, 4.69) is 30.6 Å². The van der Waals surface area contributed by atoms with E-state index < -0.39 is 0 Å². The average Bonchev–Trinajstić information content (AvgIpc) is 3.20. The Morgan fingerprint density at radius 1 is 1.27 bits per heavy atom. The van der Waals surface area contributed by atoms with Crippen molar-refractivity contribution in [2.45, 2.75) is 69.7 Å². The summed E-state index contributed by atoms with van der Waals surface area (Å²) in [5.74, 6) is 2.70. The highest BCUT2D eigenvalue weighted by molar-refractivity contribution is 5.80. The standard InChI is InChI=1S/C21H37N7O2/c1-22-20(24-17-6-7-19-25-18(15-29-2)26-28(19)14-17)23-16-21(8-4-3-5-9-21)27-10-12-30-13-11-27/h17H,3-16H2,1-2H3,(H2,22,23,24). The van der Waals surface area contributed by atoms with Gasteiger partial charge in [-0.05, 0) is 19.3 Å². The van der Waals surface area contributed by atoms with Crippen molar-refractivity contribution in [2.75, 3.05) is 47.0 Å². The van der Waals surface area contributed by atoms with Gasteiger partial charge in [-0.25, -0.2) is 9.67 Å². The first kappa shape index (κ1) is 21.5. The van der Waals surface area contributed by atoms with Crippen LogP contribution in [0.5, 0.6) is 0 Å². The Hall–Kier alpha value is -1.71. The van der Waals surface area contributed by atoms with Gasteiger partial charge in [-0.1, -0.05) is 19.3 Å². The normalized spacial score (nSPS) is 25.0. The molecule has 2 aliphatic heterocycles. The molecule has 2 fully saturated rings. The number of hydrogen-bond acceptors (Lipinski definition) is 6. The first-order chi connectivity index (χ1) is 14.7. The molecule has 168 valence electrons. The van der Waals surface area contributed by atoms with Crippen molar-refractivity contribution < 1.29 is 9.47 Å². The molecular weight excluding hydrogens is 382 g/mol. The van der Waals surface area contributed by atoms with Crippen LogP contribution in [0.1, 0.15) is 50.2 Å². The van der Waals surface area contributed by atoms with E-state index in [0.717, 1.165) is 69.8 Å². The quantitative estimate of drug-likeness (QED) is 0.524. The zero-order valence-corrected chi connectivity index (χ0v) is 18.5. The predicted octanol–water partition coefficient (Wildman–Crippen LogP) is 0.939. The van der Waals surface area contributed by atoms with E-state index >= 15 is 0 Å². The third-order valence-electron chi connectivity index (χ3n) is 6.79. The molecule has 1 aromatic heterocycles. The van der Waals surface area contributed by atoms with Crippen molar-refractivity contribution >= 4 is 5.96 Å². The number of guanidine groups is 1. The number of methoxy groups -OCH3 is 1. The van der Waals surface area contributed by atoms with Crippen LogP contribution in [-0.2, 0) is 29.0 Å². The van der Waals surface area contributed by atoms with Gasteiger partial charge < -0.3 is 20.1 Å². The third-order valence-corrected chi connectivity index (χ3v) is 6.79. The van der Waals surface area contributed by atoms with Gasteiger partial charge in [0.05, 0.1) is 19.8 Å². The summed E-state index contributed by atoms with van der Waals surface area (Å²) in [5.41, 5.74) is 0.223. The smallest absolute Gasteiger partial charge is 0.191 e. The van der Waals surface area contributed by atoms with Gasteiger partial charge in [0.25, 0.3) is 0 Å². The number of aryl methyl sites for hydroxylation is 1. The number of nitrogens with one attached hydrogen (secondary N) is 2. The summed E-state index contributed by atoms with van der Waals surface area (Å²) in [6, 6.07) is 0.298. The van der Waals surface area contributed by atoms with Crippen LogP contribution in [0.3, 0.4) is 0 Å². The predicted molar refractivity (Wildman–Crippen MR) is 116 cm³/mol. The number of aliphatic imine (C=N–C) groups is 1. The van der Waals surface area contributed by atoms with E-state index in [0.29, 0.717) is 12.6 Å². The van der Waals surface area contributed by atoms with Gasteiger partial charge in [-0.2, -0.15) is 5.10 Å². The molecule has 9 nitrogen and oxygen atoms in total. The van der Waals surface area contributed by atoms with E-state index in [-0.39, 0.29) is 5.54 Å². The largest absolute Gasteiger partial charge is 0.379 e. The van der Waals surface area contributed by atoms with Crippen molar-refractivity contribution in [3.8, 4) is 0 Å². The second kappa shape index (κ2) is 10.1. The maximum atomic E-state index is 5.61. The van der Waals surface area contributed by atoms with Crippen LogP contribution in [0.25, 0.3) is 0 Å². The van der Waals surface area contributed by atoms with Gasteiger partial charge in [-0.15, -0.1) is 0 Å². The molecule has 1 saturated heterocycles. The maximum Gasteiger partial charge on any atom is 0.191 e. The molecule has 1 aromatic rings. The molecule has 2 N–H and O–H groups in total. The molecule has 3 aliphatic rings. The highest BCUT2D eigenvalue weighted by atomic mass is 16.5. The summed E-state index contributed by atoms with van der Waals surface area (Å²) in [7, 11) is 3.54. The fraction of sp³-hybridized carbons (Fsp3) is 0.857. The molecule has 30 heavy (non-hydrogen) atoms. The number of rotatable bonds is 6. The van der Waals surface area contributed by atoms with Crippen LogP contribution in [0.4, 0.5) is 0 Å². The zero-order chi connectivity index (χ0) is 20.8. The Balaban J connectivity index is 1.34. The fourth-order valence-electron chi connectivity index (χ4n) is 5.16. The number of fused-ring (bicyclic) bond motifs is 1. The summed E-state index contributed by atoms with van der Waals surface area (Å²) < 4.78 is 12.8. The molecular formula is C21H37N7O2. The van der Waals surface area contributed by atoms with E-state index in [9.17, 15) is 0 Å². The van der Waals surface area contributed by atoms with E-state index in [4.69, 9.17) is 9.47 Å².